The minimum atomic E-state index is -0.540. The molecule has 0 aliphatic heterocycles. The predicted molar refractivity (Wildman–Crippen MR) is 90.1 cm³/mol. The van der Waals surface area contributed by atoms with E-state index in [1.165, 1.54) is 17.0 Å². The Bertz CT molecular complexity index is 572. The Labute approximate surface area is 140 Å². The number of rotatable bonds is 6. The van der Waals surface area contributed by atoms with Crippen LogP contribution < -0.4 is 5.32 Å². The molecule has 0 aliphatic rings. The summed E-state index contributed by atoms with van der Waals surface area (Å²) >= 11 is 5.99. The van der Waals surface area contributed by atoms with Crippen molar-refractivity contribution < 1.29 is 14.5 Å². The zero-order valence-electron chi connectivity index (χ0n) is 13.8. The van der Waals surface area contributed by atoms with Crippen LogP contribution in [0.2, 0.25) is 5.02 Å². The Hall–Kier alpha value is -2.02. The first kappa shape index (κ1) is 19.0. The van der Waals surface area contributed by atoms with Crippen molar-refractivity contribution in [2.45, 2.75) is 32.8 Å². The summed E-state index contributed by atoms with van der Waals surface area (Å²) in [5.41, 5.74) is -0.320. The number of nitrogens with one attached hydrogen (secondary N) is 1. The molecular weight excluding hydrogens is 322 g/mol. The van der Waals surface area contributed by atoms with E-state index in [-0.39, 0.29) is 5.69 Å². The van der Waals surface area contributed by atoms with E-state index >= 15 is 0 Å². The molecule has 1 aromatic rings. The lowest BCUT2D eigenvalue weighted by Gasteiger charge is -2.24. The van der Waals surface area contributed by atoms with Crippen LogP contribution in [-0.4, -0.2) is 41.7 Å². The molecule has 128 valence electrons. The van der Waals surface area contributed by atoms with Crippen molar-refractivity contribution in [3.05, 3.63) is 33.3 Å². The highest BCUT2D eigenvalue weighted by Gasteiger charge is 2.19. The largest absolute Gasteiger partial charge is 0.444 e. The van der Waals surface area contributed by atoms with E-state index in [0.29, 0.717) is 30.2 Å². The summed E-state index contributed by atoms with van der Waals surface area (Å²) in [7, 11) is 1.64. The molecule has 0 radical (unpaired) electrons. The number of para-hydroxylation sites is 1. The molecule has 0 saturated carbocycles. The molecule has 1 amide bonds. The number of hydrogen-bond acceptors (Lipinski definition) is 5. The van der Waals surface area contributed by atoms with E-state index in [1.54, 1.807) is 33.9 Å². The average Bonchev–Trinajstić information content (AvgIpc) is 2.42. The van der Waals surface area contributed by atoms with Crippen molar-refractivity contribution >= 4 is 29.1 Å². The van der Waals surface area contributed by atoms with Crippen LogP contribution in [0.5, 0.6) is 0 Å². The lowest BCUT2D eigenvalue weighted by molar-refractivity contribution is -0.383. The third-order valence-electron chi connectivity index (χ3n) is 2.87. The molecule has 0 fully saturated rings. The van der Waals surface area contributed by atoms with E-state index in [4.69, 9.17) is 16.3 Å². The fourth-order valence-electron chi connectivity index (χ4n) is 1.80. The normalized spacial score (nSPS) is 11.0. The summed E-state index contributed by atoms with van der Waals surface area (Å²) in [6, 6.07) is 4.51. The van der Waals surface area contributed by atoms with Crippen molar-refractivity contribution in [2.75, 3.05) is 25.5 Å². The maximum atomic E-state index is 11.8. The molecule has 0 heterocycles. The Kier molecular flexibility index (Phi) is 6.62. The fraction of sp³-hybridized carbons (Fsp3) is 0.533. The molecule has 1 N–H and O–H groups in total. The molecule has 0 atom stereocenters. The van der Waals surface area contributed by atoms with Crippen LogP contribution >= 0.6 is 11.6 Å². The number of amides is 1. The average molecular weight is 344 g/mol. The maximum Gasteiger partial charge on any atom is 0.410 e. The van der Waals surface area contributed by atoms with Gasteiger partial charge in [-0.25, -0.2) is 4.79 Å². The molecule has 0 aliphatic carbocycles. The first-order chi connectivity index (χ1) is 10.6. The highest BCUT2D eigenvalue weighted by atomic mass is 35.5. The van der Waals surface area contributed by atoms with E-state index < -0.39 is 16.6 Å². The van der Waals surface area contributed by atoms with Crippen LogP contribution in [0.3, 0.4) is 0 Å². The van der Waals surface area contributed by atoms with Crippen LogP contribution in [-0.2, 0) is 4.74 Å². The van der Waals surface area contributed by atoms with Crippen molar-refractivity contribution in [2.24, 2.45) is 0 Å². The Balaban J connectivity index is 2.50. The summed E-state index contributed by atoms with van der Waals surface area (Å²) in [4.78, 5) is 23.7. The third-order valence-corrected chi connectivity index (χ3v) is 3.18. The van der Waals surface area contributed by atoms with Gasteiger partial charge >= 0.3 is 6.09 Å². The first-order valence-electron chi connectivity index (χ1n) is 7.22. The van der Waals surface area contributed by atoms with Gasteiger partial charge in [-0.15, -0.1) is 0 Å². The molecule has 0 spiro atoms. The van der Waals surface area contributed by atoms with Gasteiger partial charge in [0.2, 0.25) is 0 Å². The van der Waals surface area contributed by atoms with Crippen LogP contribution in [0, 0.1) is 10.1 Å². The Morgan fingerprint density at radius 2 is 2.09 bits per heavy atom. The number of anilines is 1. The number of nitro benzene ring substituents is 1. The number of halogens is 1. The second kappa shape index (κ2) is 8.01. The lowest BCUT2D eigenvalue weighted by atomic mass is 10.2. The van der Waals surface area contributed by atoms with Gasteiger partial charge in [0.15, 0.2) is 0 Å². The number of hydrogen-bond donors (Lipinski definition) is 1. The Morgan fingerprint density at radius 1 is 1.43 bits per heavy atom. The molecule has 8 heteroatoms. The molecule has 0 saturated heterocycles. The number of nitrogens with zero attached hydrogens (tertiary/aromatic N) is 2. The second-order valence-electron chi connectivity index (χ2n) is 6.07. The van der Waals surface area contributed by atoms with Gasteiger partial charge in [0.25, 0.3) is 5.69 Å². The van der Waals surface area contributed by atoms with Crippen molar-refractivity contribution in [3.8, 4) is 0 Å². The van der Waals surface area contributed by atoms with Crippen LogP contribution in [0.4, 0.5) is 16.2 Å². The second-order valence-corrected chi connectivity index (χ2v) is 6.48. The highest BCUT2D eigenvalue weighted by molar-refractivity contribution is 6.33. The van der Waals surface area contributed by atoms with Gasteiger partial charge in [-0.2, -0.15) is 0 Å². The van der Waals surface area contributed by atoms with Gasteiger partial charge in [0, 0.05) is 26.2 Å². The number of carbonyl (C=O) groups excluding carboxylic acids is 1. The first-order valence-corrected chi connectivity index (χ1v) is 7.60. The molecule has 1 rings (SSSR count). The zero-order chi connectivity index (χ0) is 17.6. The molecule has 1 aromatic carbocycles. The summed E-state index contributed by atoms with van der Waals surface area (Å²) < 4.78 is 5.24. The highest BCUT2D eigenvalue weighted by Crippen LogP contribution is 2.31. The van der Waals surface area contributed by atoms with Gasteiger partial charge in [0.05, 0.1) is 9.95 Å². The van der Waals surface area contributed by atoms with Gasteiger partial charge < -0.3 is 15.0 Å². The van der Waals surface area contributed by atoms with Crippen molar-refractivity contribution in [1.82, 2.24) is 4.90 Å². The number of nitro groups is 1. The summed E-state index contributed by atoms with van der Waals surface area (Å²) in [5, 5.41) is 14.2. The van der Waals surface area contributed by atoms with Crippen LogP contribution in [0.1, 0.15) is 27.2 Å². The van der Waals surface area contributed by atoms with Gasteiger partial charge in [-0.3, -0.25) is 10.1 Å². The quantitative estimate of drug-likeness (QED) is 0.480. The Morgan fingerprint density at radius 3 is 2.65 bits per heavy atom. The van der Waals surface area contributed by atoms with Gasteiger partial charge in [-0.1, -0.05) is 17.7 Å². The van der Waals surface area contributed by atoms with Crippen molar-refractivity contribution in [1.29, 1.82) is 0 Å². The predicted octanol–water partition coefficient (Wildman–Crippen LogP) is 3.92. The zero-order valence-corrected chi connectivity index (χ0v) is 14.5. The van der Waals surface area contributed by atoms with Crippen molar-refractivity contribution in [3.63, 3.8) is 0 Å². The number of ether oxygens (including phenoxy) is 1. The lowest BCUT2D eigenvalue weighted by Crippen LogP contribution is -2.35. The van der Waals surface area contributed by atoms with E-state index in [2.05, 4.69) is 5.32 Å². The summed E-state index contributed by atoms with van der Waals surface area (Å²) in [6.45, 7) is 6.31. The van der Waals surface area contributed by atoms with Crippen LogP contribution in [0.25, 0.3) is 0 Å². The van der Waals surface area contributed by atoms with Crippen LogP contribution in [0.15, 0.2) is 18.2 Å². The van der Waals surface area contributed by atoms with E-state index in [0.717, 1.165) is 0 Å². The standard InChI is InChI=1S/C15H22ClN3O4/c1-15(2,3)23-14(20)18(4)10-6-9-17-13-11(16)7-5-8-12(13)19(21)22/h5,7-8,17H,6,9-10H2,1-4H3. The maximum absolute atomic E-state index is 11.8. The minimum absolute atomic E-state index is 0.0713. The SMILES string of the molecule is CN(CCCNc1c(Cl)cccc1[N+](=O)[O-])C(=O)OC(C)(C)C. The van der Waals surface area contributed by atoms with Gasteiger partial charge in [-0.05, 0) is 33.3 Å². The fourth-order valence-corrected chi connectivity index (χ4v) is 2.04. The monoisotopic (exact) mass is 343 g/mol. The topological polar surface area (TPSA) is 84.7 Å². The molecule has 0 bridgehead atoms. The number of carbonyl (C=O) groups is 1. The molecule has 0 unspecified atom stereocenters. The molecular formula is C15H22ClN3O4. The third kappa shape index (κ3) is 6.32. The number of benzene rings is 1. The smallest absolute Gasteiger partial charge is 0.410 e. The molecule has 7 nitrogen and oxygen atoms in total. The molecule has 23 heavy (non-hydrogen) atoms. The van der Waals surface area contributed by atoms with Gasteiger partial charge in [0.1, 0.15) is 11.3 Å². The summed E-state index contributed by atoms with van der Waals surface area (Å²) in [6.07, 6.45) is 0.194. The van der Waals surface area contributed by atoms with E-state index in [9.17, 15) is 14.9 Å². The minimum Gasteiger partial charge on any atom is -0.444 e. The summed E-state index contributed by atoms with van der Waals surface area (Å²) in [5.74, 6) is 0. The van der Waals surface area contributed by atoms with E-state index in [1.807, 2.05) is 0 Å². The molecule has 0 aromatic heterocycles.